The van der Waals surface area contributed by atoms with Crippen LogP contribution >= 0.6 is 12.4 Å². The number of rotatable bonds is 5. The van der Waals surface area contributed by atoms with Crippen LogP contribution in [0.4, 0.5) is 0 Å². The van der Waals surface area contributed by atoms with E-state index in [1.165, 1.54) is 5.56 Å². The van der Waals surface area contributed by atoms with Gasteiger partial charge in [0, 0.05) is 12.6 Å². The predicted octanol–water partition coefficient (Wildman–Crippen LogP) is 2.65. The Morgan fingerprint density at radius 1 is 1.33 bits per heavy atom. The van der Waals surface area contributed by atoms with Crippen LogP contribution in [0, 0.1) is 0 Å². The Kier molecular flexibility index (Phi) is 7.13. The molecule has 1 saturated heterocycles. The smallest absolute Gasteiger partial charge is 0.240 e. The van der Waals surface area contributed by atoms with Gasteiger partial charge in [0.15, 0.2) is 0 Å². The molecule has 2 N–H and O–H groups in total. The van der Waals surface area contributed by atoms with Gasteiger partial charge in [0.2, 0.25) is 10.0 Å². The third-order valence-corrected chi connectivity index (χ3v) is 5.53. The van der Waals surface area contributed by atoms with Crippen molar-refractivity contribution in [2.75, 3.05) is 13.1 Å². The molecule has 1 aliphatic heterocycles. The van der Waals surface area contributed by atoms with Crippen LogP contribution in [-0.2, 0) is 10.0 Å². The fraction of sp³-hybridized carbons (Fsp3) is 0.600. The quantitative estimate of drug-likeness (QED) is 0.871. The van der Waals surface area contributed by atoms with Crippen molar-refractivity contribution in [1.29, 1.82) is 0 Å². The largest absolute Gasteiger partial charge is 0.315 e. The van der Waals surface area contributed by atoms with Crippen molar-refractivity contribution < 1.29 is 8.42 Å². The van der Waals surface area contributed by atoms with Crippen LogP contribution in [0.5, 0.6) is 0 Å². The summed E-state index contributed by atoms with van der Waals surface area (Å²) in [6.45, 7) is 5.97. The molecule has 1 heterocycles. The maximum Gasteiger partial charge on any atom is 0.240 e. The SMILES string of the molecule is CCC(C)c1ccc(S(=O)(=O)NC2CCCNC2)cc1.Cl. The summed E-state index contributed by atoms with van der Waals surface area (Å²) in [5.74, 6) is 0.460. The molecule has 120 valence electrons. The lowest BCUT2D eigenvalue weighted by Gasteiger charge is -2.23. The Labute approximate surface area is 134 Å². The lowest BCUT2D eigenvalue weighted by Crippen LogP contribution is -2.45. The molecule has 1 fully saturated rings. The summed E-state index contributed by atoms with van der Waals surface area (Å²) in [5, 5.41) is 3.21. The van der Waals surface area contributed by atoms with Crippen molar-refractivity contribution in [2.45, 2.75) is 50.0 Å². The van der Waals surface area contributed by atoms with E-state index < -0.39 is 10.0 Å². The summed E-state index contributed by atoms with van der Waals surface area (Å²) in [6.07, 6.45) is 2.97. The van der Waals surface area contributed by atoms with Crippen LogP contribution in [0.25, 0.3) is 0 Å². The van der Waals surface area contributed by atoms with E-state index >= 15 is 0 Å². The van der Waals surface area contributed by atoms with Gasteiger partial charge in [-0.2, -0.15) is 0 Å². The van der Waals surface area contributed by atoms with Crippen LogP contribution in [0.2, 0.25) is 0 Å². The number of sulfonamides is 1. The van der Waals surface area contributed by atoms with E-state index in [1.54, 1.807) is 12.1 Å². The molecule has 21 heavy (non-hydrogen) atoms. The monoisotopic (exact) mass is 332 g/mol. The minimum Gasteiger partial charge on any atom is -0.315 e. The van der Waals surface area contributed by atoms with Crippen molar-refractivity contribution in [3.8, 4) is 0 Å². The molecule has 0 saturated carbocycles. The molecule has 0 spiro atoms. The lowest BCUT2D eigenvalue weighted by molar-refractivity contribution is 0.428. The number of hydrogen-bond acceptors (Lipinski definition) is 3. The zero-order chi connectivity index (χ0) is 14.6. The lowest BCUT2D eigenvalue weighted by atomic mass is 9.99. The summed E-state index contributed by atoms with van der Waals surface area (Å²) in [7, 11) is -3.40. The van der Waals surface area contributed by atoms with E-state index in [4.69, 9.17) is 0 Å². The van der Waals surface area contributed by atoms with Gasteiger partial charge < -0.3 is 5.32 Å². The first-order valence-electron chi connectivity index (χ1n) is 7.36. The van der Waals surface area contributed by atoms with Gasteiger partial charge in [0.05, 0.1) is 4.90 Å². The summed E-state index contributed by atoms with van der Waals surface area (Å²) < 4.78 is 27.4. The van der Waals surface area contributed by atoms with Gasteiger partial charge in [-0.05, 0) is 49.4 Å². The molecular weight excluding hydrogens is 308 g/mol. The molecule has 0 aliphatic carbocycles. The summed E-state index contributed by atoms with van der Waals surface area (Å²) in [5.41, 5.74) is 1.19. The first-order valence-corrected chi connectivity index (χ1v) is 8.84. The third-order valence-electron chi connectivity index (χ3n) is 3.99. The fourth-order valence-electron chi connectivity index (χ4n) is 2.45. The standard InChI is InChI=1S/C15H24N2O2S.ClH/c1-3-12(2)13-6-8-15(9-7-13)20(18,19)17-14-5-4-10-16-11-14;/h6-9,12,14,16-17H,3-5,10-11H2,1-2H3;1H. The van der Waals surface area contributed by atoms with Gasteiger partial charge in [-0.1, -0.05) is 26.0 Å². The topological polar surface area (TPSA) is 58.2 Å². The van der Waals surface area contributed by atoms with Crippen LogP contribution in [0.3, 0.4) is 0 Å². The van der Waals surface area contributed by atoms with Gasteiger partial charge in [0.25, 0.3) is 0 Å². The average molecular weight is 333 g/mol. The van der Waals surface area contributed by atoms with E-state index in [1.807, 2.05) is 12.1 Å². The van der Waals surface area contributed by atoms with Crippen molar-refractivity contribution in [3.05, 3.63) is 29.8 Å². The van der Waals surface area contributed by atoms with Crippen LogP contribution < -0.4 is 10.0 Å². The average Bonchev–Trinajstić information content (AvgIpc) is 2.47. The highest BCUT2D eigenvalue weighted by atomic mass is 35.5. The molecule has 0 amide bonds. The van der Waals surface area contributed by atoms with Gasteiger partial charge in [0.1, 0.15) is 0 Å². The highest BCUT2D eigenvalue weighted by Gasteiger charge is 2.21. The van der Waals surface area contributed by atoms with Gasteiger partial charge in [-0.3, -0.25) is 0 Å². The molecule has 1 aliphatic rings. The zero-order valence-electron chi connectivity index (χ0n) is 12.6. The van der Waals surface area contributed by atoms with Gasteiger partial charge in [-0.25, -0.2) is 13.1 Å². The highest BCUT2D eigenvalue weighted by Crippen LogP contribution is 2.20. The molecular formula is C15H25ClN2O2S. The molecule has 1 aromatic rings. The minimum atomic E-state index is -3.40. The zero-order valence-corrected chi connectivity index (χ0v) is 14.3. The van der Waals surface area contributed by atoms with Gasteiger partial charge >= 0.3 is 0 Å². The Bertz CT molecular complexity index is 525. The van der Waals surface area contributed by atoms with Gasteiger partial charge in [-0.15, -0.1) is 12.4 Å². The van der Waals surface area contributed by atoms with Crippen molar-refractivity contribution in [1.82, 2.24) is 10.0 Å². The van der Waals surface area contributed by atoms with Crippen LogP contribution in [0.1, 0.15) is 44.6 Å². The molecule has 4 nitrogen and oxygen atoms in total. The first-order chi connectivity index (χ1) is 9.53. The second-order valence-electron chi connectivity index (χ2n) is 5.54. The maximum atomic E-state index is 12.3. The van der Waals surface area contributed by atoms with E-state index in [0.717, 1.165) is 25.8 Å². The molecule has 6 heteroatoms. The fourth-order valence-corrected chi connectivity index (χ4v) is 3.72. The van der Waals surface area contributed by atoms with Crippen LogP contribution in [0.15, 0.2) is 29.2 Å². The second kappa shape index (κ2) is 8.13. The Hall–Kier alpha value is -0.620. The van der Waals surface area contributed by atoms with Crippen molar-refractivity contribution in [3.63, 3.8) is 0 Å². The molecule has 2 atom stereocenters. The molecule has 2 rings (SSSR count). The molecule has 2 unspecified atom stereocenters. The maximum absolute atomic E-state index is 12.3. The molecule has 0 radical (unpaired) electrons. The molecule has 0 bridgehead atoms. The summed E-state index contributed by atoms with van der Waals surface area (Å²) >= 11 is 0. The number of halogens is 1. The third kappa shape index (κ3) is 4.95. The Morgan fingerprint density at radius 2 is 2.00 bits per heavy atom. The number of benzene rings is 1. The van der Waals surface area contributed by atoms with Crippen molar-refractivity contribution >= 4 is 22.4 Å². The Balaban J connectivity index is 0.00000220. The molecule has 1 aromatic carbocycles. The van der Waals surface area contributed by atoms with E-state index in [-0.39, 0.29) is 18.4 Å². The number of hydrogen-bond donors (Lipinski definition) is 2. The minimum absolute atomic E-state index is 0. The second-order valence-corrected chi connectivity index (χ2v) is 7.26. The highest BCUT2D eigenvalue weighted by molar-refractivity contribution is 7.89. The Morgan fingerprint density at radius 3 is 2.52 bits per heavy atom. The van der Waals surface area contributed by atoms with E-state index in [2.05, 4.69) is 23.9 Å². The normalized spacial score (nSPS) is 20.6. The molecule has 0 aromatic heterocycles. The first kappa shape index (κ1) is 18.4. The van der Waals surface area contributed by atoms with E-state index in [9.17, 15) is 8.42 Å². The van der Waals surface area contributed by atoms with Crippen LogP contribution in [-0.4, -0.2) is 27.5 Å². The predicted molar refractivity (Wildman–Crippen MR) is 88.6 cm³/mol. The number of nitrogens with one attached hydrogen (secondary N) is 2. The van der Waals surface area contributed by atoms with E-state index in [0.29, 0.717) is 17.4 Å². The summed E-state index contributed by atoms with van der Waals surface area (Å²) in [4.78, 5) is 0.357. The summed E-state index contributed by atoms with van der Waals surface area (Å²) in [6, 6.07) is 7.26. The number of piperidine rings is 1. The van der Waals surface area contributed by atoms with Crippen molar-refractivity contribution in [2.24, 2.45) is 0 Å².